The van der Waals surface area contributed by atoms with Crippen molar-refractivity contribution in [2.75, 3.05) is 6.54 Å². The molecule has 4 N–H and O–H groups in total. The van der Waals surface area contributed by atoms with Crippen molar-refractivity contribution in [1.29, 1.82) is 0 Å². The second-order valence-corrected chi connectivity index (χ2v) is 3.48. The van der Waals surface area contributed by atoms with Crippen LogP contribution in [0.4, 0.5) is 0 Å². The van der Waals surface area contributed by atoms with E-state index in [4.69, 9.17) is 0 Å². The summed E-state index contributed by atoms with van der Waals surface area (Å²) in [5, 5.41) is 24.6. The minimum Gasteiger partial charge on any atom is -0.390 e. The summed E-state index contributed by atoms with van der Waals surface area (Å²) >= 11 is 0. The van der Waals surface area contributed by atoms with E-state index in [1.54, 1.807) is 0 Å². The maximum atomic E-state index is 10.8. The molecular formula is C8H16N2O3. The van der Waals surface area contributed by atoms with Gasteiger partial charge in [0.2, 0.25) is 5.91 Å². The molecule has 1 rings (SSSR count). The van der Waals surface area contributed by atoms with Crippen LogP contribution in [-0.4, -0.2) is 47.0 Å². The van der Waals surface area contributed by atoms with Crippen molar-refractivity contribution in [3.8, 4) is 0 Å². The van der Waals surface area contributed by atoms with Crippen LogP contribution in [0.3, 0.4) is 0 Å². The number of aliphatic hydroxyl groups is 2. The van der Waals surface area contributed by atoms with Gasteiger partial charge in [0.1, 0.15) is 0 Å². The Kier molecular flexibility index (Phi) is 3.24. The molecule has 76 valence electrons. The summed E-state index contributed by atoms with van der Waals surface area (Å²) in [5.74, 6) is -0.239. The Morgan fingerprint density at radius 3 is 2.69 bits per heavy atom. The van der Waals surface area contributed by atoms with Gasteiger partial charge in [-0.3, -0.25) is 4.79 Å². The van der Waals surface area contributed by atoms with E-state index in [0.29, 0.717) is 6.54 Å². The lowest BCUT2D eigenvalue weighted by Gasteiger charge is -2.37. The molecule has 1 aliphatic rings. The highest BCUT2D eigenvalue weighted by atomic mass is 16.3. The van der Waals surface area contributed by atoms with Gasteiger partial charge in [-0.25, -0.2) is 0 Å². The second-order valence-electron chi connectivity index (χ2n) is 3.48. The summed E-state index contributed by atoms with van der Waals surface area (Å²) in [6.45, 7) is 3.57. The molecule has 0 aromatic carbocycles. The minimum absolute atomic E-state index is 0.111. The van der Waals surface area contributed by atoms with E-state index < -0.39 is 18.2 Å². The fourth-order valence-corrected chi connectivity index (χ4v) is 1.51. The molecule has 5 nitrogen and oxygen atoms in total. The first-order chi connectivity index (χ1) is 6.02. The van der Waals surface area contributed by atoms with Gasteiger partial charge in [-0.2, -0.15) is 0 Å². The van der Waals surface area contributed by atoms with Crippen LogP contribution in [-0.2, 0) is 4.79 Å². The molecule has 0 aromatic heterocycles. The topological polar surface area (TPSA) is 81.6 Å². The summed E-state index contributed by atoms with van der Waals surface area (Å²) in [7, 11) is 0. The van der Waals surface area contributed by atoms with Crippen molar-refractivity contribution in [3.05, 3.63) is 0 Å². The van der Waals surface area contributed by atoms with Gasteiger partial charge < -0.3 is 20.8 Å². The summed E-state index contributed by atoms with van der Waals surface area (Å²) in [4.78, 5) is 10.8. The number of aliphatic hydroxyl groups excluding tert-OH is 2. The van der Waals surface area contributed by atoms with Crippen LogP contribution < -0.4 is 10.6 Å². The predicted octanol–water partition coefficient (Wildman–Crippen LogP) is -1.80. The maximum Gasteiger partial charge on any atom is 0.217 e. The Labute approximate surface area is 77.1 Å². The number of hydrogen-bond acceptors (Lipinski definition) is 4. The highest BCUT2D eigenvalue weighted by molar-refractivity contribution is 5.73. The van der Waals surface area contributed by atoms with E-state index in [0.717, 1.165) is 0 Å². The van der Waals surface area contributed by atoms with Gasteiger partial charge in [0.05, 0.1) is 18.2 Å². The third-order valence-corrected chi connectivity index (χ3v) is 2.31. The van der Waals surface area contributed by atoms with E-state index in [1.807, 2.05) is 6.92 Å². The van der Waals surface area contributed by atoms with Gasteiger partial charge in [-0.1, -0.05) is 0 Å². The van der Waals surface area contributed by atoms with Crippen molar-refractivity contribution in [2.24, 2.45) is 0 Å². The second kappa shape index (κ2) is 4.04. The van der Waals surface area contributed by atoms with Crippen molar-refractivity contribution in [3.63, 3.8) is 0 Å². The molecule has 0 bridgehead atoms. The Bertz CT molecular complexity index is 198. The fraction of sp³-hybridized carbons (Fsp3) is 0.875. The molecule has 0 spiro atoms. The lowest BCUT2D eigenvalue weighted by molar-refractivity contribution is -0.122. The van der Waals surface area contributed by atoms with Gasteiger partial charge in [0.15, 0.2) is 0 Å². The fourth-order valence-electron chi connectivity index (χ4n) is 1.51. The normalized spacial score (nSPS) is 40.0. The molecule has 4 atom stereocenters. The smallest absolute Gasteiger partial charge is 0.217 e. The zero-order chi connectivity index (χ0) is 10.0. The third kappa shape index (κ3) is 2.40. The summed E-state index contributed by atoms with van der Waals surface area (Å²) < 4.78 is 0. The first-order valence-electron chi connectivity index (χ1n) is 4.39. The van der Waals surface area contributed by atoms with E-state index in [9.17, 15) is 15.0 Å². The molecule has 1 fully saturated rings. The van der Waals surface area contributed by atoms with Crippen molar-refractivity contribution in [1.82, 2.24) is 10.6 Å². The number of nitrogens with one attached hydrogen (secondary N) is 2. The molecule has 0 aromatic rings. The van der Waals surface area contributed by atoms with E-state index >= 15 is 0 Å². The summed E-state index contributed by atoms with van der Waals surface area (Å²) in [6, 6.07) is -0.672. The van der Waals surface area contributed by atoms with Crippen LogP contribution in [0.1, 0.15) is 13.8 Å². The SMILES string of the molecule is CC(=O)N[C@H]1[C@H](O)[C@@H](C)NC[C@@H]1O. The predicted molar refractivity (Wildman–Crippen MR) is 47.1 cm³/mol. The number of rotatable bonds is 1. The average Bonchev–Trinajstić information content (AvgIpc) is 2.05. The van der Waals surface area contributed by atoms with E-state index in [2.05, 4.69) is 10.6 Å². The van der Waals surface area contributed by atoms with Crippen molar-refractivity contribution in [2.45, 2.75) is 38.1 Å². The summed E-state index contributed by atoms with van der Waals surface area (Å²) in [6.07, 6.45) is -1.47. The molecule has 13 heavy (non-hydrogen) atoms. The van der Waals surface area contributed by atoms with Crippen molar-refractivity contribution < 1.29 is 15.0 Å². The standard InChI is InChI=1S/C8H16N2O3/c1-4-8(13)7(10-5(2)11)6(12)3-9-4/h4,6-9,12-13H,3H2,1-2H3,(H,10,11)/t4-,6+,7-,8-/m1/s1. The van der Waals surface area contributed by atoms with Crippen LogP contribution in [0, 0.1) is 0 Å². The number of amides is 1. The van der Waals surface area contributed by atoms with Crippen molar-refractivity contribution >= 4 is 5.91 Å². The first-order valence-corrected chi connectivity index (χ1v) is 4.39. The maximum absolute atomic E-state index is 10.8. The number of piperidine rings is 1. The molecule has 1 heterocycles. The molecule has 1 amide bonds. The van der Waals surface area contributed by atoms with Gasteiger partial charge in [0.25, 0.3) is 0 Å². The Balaban J connectivity index is 2.60. The lowest BCUT2D eigenvalue weighted by atomic mass is 9.94. The Morgan fingerprint density at radius 2 is 2.15 bits per heavy atom. The van der Waals surface area contributed by atoms with Crippen LogP contribution in [0.5, 0.6) is 0 Å². The molecule has 0 aliphatic carbocycles. The van der Waals surface area contributed by atoms with Crippen LogP contribution in [0.2, 0.25) is 0 Å². The quantitative estimate of drug-likeness (QED) is 0.391. The largest absolute Gasteiger partial charge is 0.390 e. The van der Waals surface area contributed by atoms with E-state index in [-0.39, 0.29) is 11.9 Å². The molecule has 0 saturated carbocycles. The Morgan fingerprint density at radius 1 is 1.54 bits per heavy atom. The molecule has 1 saturated heterocycles. The lowest BCUT2D eigenvalue weighted by Crippen LogP contribution is -2.64. The van der Waals surface area contributed by atoms with Gasteiger partial charge >= 0.3 is 0 Å². The van der Waals surface area contributed by atoms with E-state index in [1.165, 1.54) is 6.92 Å². The average molecular weight is 188 g/mol. The summed E-state index contributed by atoms with van der Waals surface area (Å²) in [5.41, 5.74) is 0. The first kappa shape index (κ1) is 10.4. The van der Waals surface area contributed by atoms with Gasteiger partial charge in [-0.05, 0) is 6.92 Å². The number of hydrogen-bond donors (Lipinski definition) is 4. The third-order valence-electron chi connectivity index (χ3n) is 2.31. The highest BCUT2D eigenvalue weighted by Gasteiger charge is 2.35. The number of carbonyl (C=O) groups is 1. The van der Waals surface area contributed by atoms with Crippen LogP contribution >= 0.6 is 0 Å². The molecular weight excluding hydrogens is 172 g/mol. The molecule has 0 unspecified atom stereocenters. The Hall–Kier alpha value is -0.650. The van der Waals surface area contributed by atoms with Gasteiger partial charge in [0, 0.05) is 19.5 Å². The molecule has 5 heteroatoms. The molecule has 0 radical (unpaired) electrons. The zero-order valence-electron chi connectivity index (χ0n) is 7.82. The monoisotopic (exact) mass is 188 g/mol. The highest BCUT2D eigenvalue weighted by Crippen LogP contribution is 2.10. The van der Waals surface area contributed by atoms with Gasteiger partial charge in [-0.15, -0.1) is 0 Å². The zero-order valence-corrected chi connectivity index (χ0v) is 7.82. The minimum atomic E-state index is -0.743. The number of β-amino-alcohol motifs (C(OH)–C–C–N with tert-alkyl or cyclic N) is 1. The van der Waals surface area contributed by atoms with Crippen LogP contribution in [0.25, 0.3) is 0 Å². The van der Waals surface area contributed by atoms with Crippen LogP contribution in [0.15, 0.2) is 0 Å². The molecule has 1 aliphatic heterocycles. The number of carbonyl (C=O) groups excluding carboxylic acids is 1.